The van der Waals surface area contributed by atoms with Crippen molar-refractivity contribution in [3.05, 3.63) is 52.4 Å². The molecule has 0 bridgehead atoms. The van der Waals surface area contributed by atoms with Crippen molar-refractivity contribution in [2.75, 3.05) is 6.61 Å². The van der Waals surface area contributed by atoms with Crippen molar-refractivity contribution in [1.82, 2.24) is 0 Å². The van der Waals surface area contributed by atoms with Gasteiger partial charge in [0.15, 0.2) is 0 Å². The third kappa shape index (κ3) is 4.53. The van der Waals surface area contributed by atoms with E-state index >= 15 is 0 Å². The van der Waals surface area contributed by atoms with Gasteiger partial charge in [-0.05, 0) is 49.1 Å². The number of hydrogen-bond donors (Lipinski definition) is 0. The summed E-state index contributed by atoms with van der Waals surface area (Å²) in [5.41, 5.74) is 0.877. The SMILES string of the molecule is O=C([O-])c1ccc(Cc2cc(Cl)ccc2OCC2CC2)o1.[Na+]. The molecule has 1 heterocycles. The Labute approximate surface area is 155 Å². The Morgan fingerprint density at radius 2 is 2.09 bits per heavy atom. The zero-order chi connectivity index (χ0) is 14.8. The molecule has 2 aromatic rings. The van der Waals surface area contributed by atoms with Gasteiger partial charge in [-0.3, -0.25) is 0 Å². The number of benzene rings is 1. The third-order valence-corrected chi connectivity index (χ3v) is 3.66. The smallest absolute Gasteiger partial charge is 0.542 e. The zero-order valence-electron chi connectivity index (χ0n) is 12.3. The minimum Gasteiger partial charge on any atom is -0.542 e. The fraction of sp³-hybridized carbons (Fsp3) is 0.312. The van der Waals surface area contributed by atoms with E-state index in [4.69, 9.17) is 20.8 Å². The summed E-state index contributed by atoms with van der Waals surface area (Å²) in [6, 6.07) is 8.44. The van der Waals surface area contributed by atoms with E-state index in [9.17, 15) is 9.90 Å². The number of ether oxygens (including phenoxy) is 1. The van der Waals surface area contributed by atoms with Gasteiger partial charge in [0.25, 0.3) is 0 Å². The van der Waals surface area contributed by atoms with Crippen LogP contribution in [0.15, 0.2) is 34.7 Å². The second-order valence-corrected chi connectivity index (χ2v) is 5.67. The van der Waals surface area contributed by atoms with Gasteiger partial charge in [0.1, 0.15) is 23.2 Å². The van der Waals surface area contributed by atoms with Crippen molar-refractivity contribution in [3.8, 4) is 5.75 Å². The molecule has 0 saturated heterocycles. The minimum absolute atomic E-state index is 0. The Hall–Kier alpha value is -0.940. The average molecular weight is 329 g/mol. The number of rotatable bonds is 6. The van der Waals surface area contributed by atoms with Gasteiger partial charge in [0.2, 0.25) is 0 Å². The van der Waals surface area contributed by atoms with Gasteiger partial charge in [0.05, 0.1) is 6.61 Å². The number of carbonyl (C=O) groups excluding carboxylic acids is 1. The molecule has 0 amide bonds. The summed E-state index contributed by atoms with van der Waals surface area (Å²) in [6.45, 7) is 0.705. The number of halogens is 1. The van der Waals surface area contributed by atoms with Crippen molar-refractivity contribution in [3.63, 3.8) is 0 Å². The standard InChI is InChI=1S/C16H15ClO4.Na/c17-12-3-5-14(20-9-10-1-2-10)11(7-12)8-13-4-6-15(21-13)16(18)19;/h3-7,10H,1-2,8-9H2,(H,18,19);/q;+1/p-1. The number of carboxylic acids is 1. The van der Waals surface area contributed by atoms with E-state index in [1.807, 2.05) is 12.1 Å². The largest absolute Gasteiger partial charge is 1.00 e. The van der Waals surface area contributed by atoms with Gasteiger partial charge in [-0.2, -0.15) is 0 Å². The molecule has 0 aliphatic heterocycles. The molecule has 0 radical (unpaired) electrons. The van der Waals surface area contributed by atoms with Crippen LogP contribution >= 0.6 is 11.6 Å². The van der Waals surface area contributed by atoms with E-state index in [1.54, 1.807) is 12.1 Å². The normalized spacial score (nSPS) is 13.5. The average Bonchev–Trinajstić information content (AvgIpc) is 3.15. The molecule has 1 aliphatic carbocycles. The van der Waals surface area contributed by atoms with Gasteiger partial charge in [0, 0.05) is 17.0 Å². The molecule has 6 heteroatoms. The number of carboxylic acid groups (broad SMARTS) is 1. The van der Waals surface area contributed by atoms with E-state index in [1.165, 1.54) is 18.9 Å². The van der Waals surface area contributed by atoms with Crippen molar-refractivity contribution < 1.29 is 48.6 Å². The molecule has 110 valence electrons. The Morgan fingerprint density at radius 1 is 1.32 bits per heavy atom. The summed E-state index contributed by atoms with van der Waals surface area (Å²) in [6.07, 6.45) is 2.86. The second kappa shape index (κ2) is 7.55. The van der Waals surface area contributed by atoms with Crippen LogP contribution in [-0.4, -0.2) is 12.6 Å². The molecule has 0 N–H and O–H groups in total. The maximum atomic E-state index is 10.7. The van der Waals surface area contributed by atoms with Crippen molar-refractivity contribution >= 4 is 17.6 Å². The molecule has 0 unspecified atom stereocenters. The van der Waals surface area contributed by atoms with Gasteiger partial charge < -0.3 is 19.1 Å². The van der Waals surface area contributed by atoms with Gasteiger partial charge in [-0.1, -0.05) is 11.6 Å². The van der Waals surface area contributed by atoms with Crippen LogP contribution in [0.1, 0.15) is 34.7 Å². The quantitative estimate of drug-likeness (QED) is 0.682. The molecular weight excluding hydrogens is 315 g/mol. The monoisotopic (exact) mass is 328 g/mol. The molecule has 1 aromatic carbocycles. The van der Waals surface area contributed by atoms with Crippen LogP contribution < -0.4 is 39.4 Å². The van der Waals surface area contributed by atoms with Crippen molar-refractivity contribution in [1.29, 1.82) is 0 Å². The third-order valence-electron chi connectivity index (χ3n) is 3.42. The van der Waals surface area contributed by atoms with Crippen LogP contribution in [0.4, 0.5) is 0 Å². The van der Waals surface area contributed by atoms with Crippen LogP contribution in [0.2, 0.25) is 5.02 Å². The molecule has 4 nitrogen and oxygen atoms in total. The predicted octanol–water partition coefficient (Wildman–Crippen LogP) is -0.320. The molecule has 22 heavy (non-hydrogen) atoms. The summed E-state index contributed by atoms with van der Waals surface area (Å²) in [4.78, 5) is 10.7. The summed E-state index contributed by atoms with van der Waals surface area (Å²) < 4.78 is 11.0. The Morgan fingerprint density at radius 3 is 2.73 bits per heavy atom. The van der Waals surface area contributed by atoms with Crippen molar-refractivity contribution in [2.24, 2.45) is 5.92 Å². The van der Waals surface area contributed by atoms with Crippen LogP contribution in [0.5, 0.6) is 5.75 Å². The van der Waals surface area contributed by atoms with Crippen molar-refractivity contribution in [2.45, 2.75) is 19.3 Å². The molecule has 1 saturated carbocycles. The first-order chi connectivity index (χ1) is 10.1. The Balaban J connectivity index is 0.00000176. The second-order valence-electron chi connectivity index (χ2n) is 5.24. The Bertz CT molecular complexity index is 664. The molecule has 0 spiro atoms. The summed E-state index contributed by atoms with van der Waals surface area (Å²) in [7, 11) is 0. The minimum atomic E-state index is -1.32. The topological polar surface area (TPSA) is 62.5 Å². The first kappa shape index (κ1) is 17.4. The number of furan rings is 1. The number of hydrogen-bond acceptors (Lipinski definition) is 4. The maximum Gasteiger partial charge on any atom is 1.00 e. The van der Waals surface area contributed by atoms with Crippen LogP contribution in [0.3, 0.4) is 0 Å². The summed E-state index contributed by atoms with van der Waals surface area (Å²) >= 11 is 6.02. The zero-order valence-corrected chi connectivity index (χ0v) is 15.1. The first-order valence-electron chi connectivity index (χ1n) is 6.83. The van der Waals surface area contributed by atoms with E-state index in [2.05, 4.69) is 0 Å². The van der Waals surface area contributed by atoms with E-state index in [0.717, 1.165) is 11.3 Å². The van der Waals surface area contributed by atoms with Gasteiger partial charge >= 0.3 is 29.6 Å². The van der Waals surface area contributed by atoms with Gasteiger partial charge in [-0.15, -0.1) is 0 Å². The van der Waals surface area contributed by atoms with Gasteiger partial charge in [-0.25, -0.2) is 0 Å². The Kier molecular flexibility index (Phi) is 5.98. The summed E-state index contributed by atoms with van der Waals surface area (Å²) in [5, 5.41) is 11.3. The van der Waals surface area contributed by atoms with Crippen LogP contribution in [0.25, 0.3) is 0 Å². The molecular formula is C16H14ClNaO4. The maximum absolute atomic E-state index is 10.7. The number of carbonyl (C=O) groups is 1. The first-order valence-corrected chi connectivity index (χ1v) is 7.21. The predicted molar refractivity (Wildman–Crippen MR) is 75.5 cm³/mol. The van der Waals surface area contributed by atoms with E-state index in [0.29, 0.717) is 29.7 Å². The molecule has 1 aliphatic rings. The van der Waals surface area contributed by atoms with Crippen LogP contribution in [-0.2, 0) is 6.42 Å². The fourth-order valence-corrected chi connectivity index (χ4v) is 2.28. The van der Waals surface area contributed by atoms with E-state index < -0.39 is 5.97 Å². The molecule has 0 atom stereocenters. The van der Waals surface area contributed by atoms with E-state index in [-0.39, 0.29) is 35.3 Å². The molecule has 3 rings (SSSR count). The summed E-state index contributed by atoms with van der Waals surface area (Å²) in [5.74, 6) is 0.456. The molecule has 1 fully saturated rings. The fourth-order valence-electron chi connectivity index (χ4n) is 2.09. The van der Waals surface area contributed by atoms with Crippen LogP contribution in [0, 0.1) is 5.92 Å². The number of aromatic carboxylic acids is 1. The molecule has 1 aromatic heterocycles.